The van der Waals surface area contributed by atoms with Crippen LogP contribution in [0.2, 0.25) is 0 Å². The van der Waals surface area contributed by atoms with Gasteiger partial charge in [0.25, 0.3) is 0 Å². The van der Waals surface area contributed by atoms with Crippen LogP contribution in [-0.4, -0.2) is 72.0 Å². The molecule has 7 N–H and O–H groups in total. The van der Waals surface area contributed by atoms with Crippen LogP contribution >= 0.6 is 0 Å². The Balaban J connectivity index is 0.000000218. The quantitative estimate of drug-likeness (QED) is 0.0548. The highest BCUT2D eigenvalue weighted by molar-refractivity contribution is 7.89. The van der Waals surface area contributed by atoms with Crippen molar-refractivity contribution >= 4 is 27.0 Å². The topological polar surface area (TPSA) is 177 Å². The van der Waals surface area contributed by atoms with Crippen LogP contribution in [0.4, 0.5) is 0 Å². The Hall–Kier alpha value is -4.04. The Kier molecular flexibility index (Phi) is 15.2. The van der Waals surface area contributed by atoms with E-state index in [0.29, 0.717) is 23.6 Å². The molecule has 2 aromatic heterocycles. The molecule has 312 valence electrons. The minimum atomic E-state index is -3.45. The second-order valence-corrected chi connectivity index (χ2v) is 19.7. The number of aromatic amines is 1. The number of sulfonamides is 1. The highest BCUT2D eigenvalue weighted by Crippen LogP contribution is 2.31. The molecule has 0 atom stereocenters. The van der Waals surface area contributed by atoms with Crippen molar-refractivity contribution in [3.05, 3.63) is 88.1 Å². The van der Waals surface area contributed by atoms with Crippen molar-refractivity contribution in [3.63, 3.8) is 0 Å². The summed E-state index contributed by atoms with van der Waals surface area (Å²) in [5, 5.41) is 7.63. The molecule has 0 spiro atoms. The molecular formula is C44H67N9O3S. The number of aliphatic imine (C=N–C) groups is 1. The summed E-state index contributed by atoms with van der Waals surface area (Å²) in [5.74, 6) is 0.932. The predicted molar refractivity (Wildman–Crippen MR) is 234 cm³/mol. The summed E-state index contributed by atoms with van der Waals surface area (Å²) in [6.45, 7) is 17.5. The number of nitrogens with one attached hydrogen (secondary N) is 3. The Bertz CT molecular complexity index is 2060. The Morgan fingerprint density at radius 2 is 1.60 bits per heavy atom. The number of fused-ring (bicyclic) bond motifs is 1. The van der Waals surface area contributed by atoms with Crippen molar-refractivity contribution in [2.24, 2.45) is 22.4 Å². The van der Waals surface area contributed by atoms with E-state index in [9.17, 15) is 13.2 Å². The van der Waals surface area contributed by atoms with E-state index in [1.807, 2.05) is 46.9 Å². The molecule has 0 radical (unpaired) electrons. The molecule has 12 nitrogen and oxygen atoms in total. The zero-order valence-corrected chi connectivity index (χ0v) is 35.9. The molecule has 6 rings (SSSR count). The molecule has 3 heterocycles. The number of H-pyrrole nitrogens is 1. The lowest BCUT2D eigenvalue weighted by Gasteiger charge is -2.34. The molecule has 0 amide bonds. The third kappa shape index (κ3) is 12.5. The monoisotopic (exact) mass is 802 g/mol. The minimum absolute atomic E-state index is 0.0261. The van der Waals surface area contributed by atoms with E-state index in [1.54, 1.807) is 16.7 Å². The van der Waals surface area contributed by atoms with Crippen molar-refractivity contribution in [2.75, 3.05) is 32.7 Å². The molecule has 13 heteroatoms. The second-order valence-electron chi connectivity index (χ2n) is 17.8. The molecule has 2 aromatic carbocycles. The lowest BCUT2D eigenvalue weighted by Crippen LogP contribution is -2.46. The van der Waals surface area contributed by atoms with Gasteiger partial charge in [-0.3, -0.25) is 9.56 Å². The first-order valence-electron chi connectivity index (χ1n) is 20.8. The Morgan fingerprint density at radius 3 is 2.21 bits per heavy atom. The third-order valence-corrected chi connectivity index (χ3v) is 13.1. The van der Waals surface area contributed by atoms with Crippen LogP contribution in [0, 0.1) is 5.92 Å². The summed E-state index contributed by atoms with van der Waals surface area (Å²) in [7, 11) is -3.45. The summed E-state index contributed by atoms with van der Waals surface area (Å²) in [6.07, 6.45) is 12.0. The number of aromatic nitrogens is 3. The number of guanidine groups is 1. The lowest BCUT2D eigenvalue weighted by molar-refractivity contribution is 0.254. The van der Waals surface area contributed by atoms with Gasteiger partial charge in [-0.05, 0) is 105 Å². The molecule has 57 heavy (non-hydrogen) atoms. The average molecular weight is 802 g/mol. The van der Waals surface area contributed by atoms with Gasteiger partial charge < -0.3 is 27.1 Å². The Morgan fingerprint density at radius 1 is 0.930 bits per heavy atom. The summed E-state index contributed by atoms with van der Waals surface area (Å²) in [4.78, 5) is 24.3. The van der Waals surface area contributed by atoms with Crippen molar-refractivity contribution in [1.82, 2.24) is 29.5 Å². The van der Waals surface area contributed by atoms with E-state index in [-0.39, 0.29) is 28.5 Å². The van der Waals surface area contributed by atoms with Gasteiger partial charge in [0.15, 0.2) is 5.96 Å². The Labute approximate surface area is 340 Å². The minimum Gasteiger partial charge on any atom is -0.370 e. The van der Waals surface area contributed by atoms with Gasteiger partial charge in [-0.15, -0.1) is 0 Å². The molecule has 0 unspecified atom stereocenters. The van der Waals surface area contributed by atoms with Gasteiger partial charge in [0, 0.05) is 48.4 Å². The molecule has 4 aromatic rings. The number of hydrogen-bond acceptors (Lipinski definition) is 7. The first-order valence-corrected chi connectivity index (χ1v) is 22.3. The summed E-state index contributed by atoms with van der Waals surface area (Å²) in [5.41, 5.74) is 15.1. The number of piperidine rings is 1. The average Bonchev–Trinajstić information content (AvgIpc) is 3.85. The van der Waals surface area contributed by atoms with Crippen molar-refractivity contribution in [3.8, 4) is 5.69 Å². The molecular weight excluding hydrogens is 735 g/mol. The zero-order valence-electron chi connectivity index (χ0n) is 35.1. The van der Waals surface area contributed by atoms with Crippen LogP contribution in [-0.2, 0) is 27.4 Å². The molecule has 2 aliphatic rings. The standard InChI is InChI=1S/C23H38N2O2S.C21H29N7O/c1-23(2,3)20-10-12-22(13-11-20)28(26,27)25(21-14-16-24-17-15-21)18-6-9-19-7-4-5-8-19;1-21(2,3)17-11-15-13-28(20(29)27-18(15)26-17)16-7-5-14(6-8-16)12-24-9-4-10-25-19(22)23/h10-13,19,21,24H,4-9,14-18H2,1-3H3;5-8,11,13,24H,4,9-10,12H2,1-3H3,(H4,22,23,25)(H,26,27,29). The summed E-state index contributed by atoms with van der Waals surface area (Å²) in [6, 6.07) is 17.6. The summed E-state index contributed by atoms with van der Waals surface area (Å²) < 4.78 is 30.5. The van der Waals surface area contributed by atoms with E-state index in [0.717, 1.165) is 80.1 Å². The van der Waals surface area contributed by atoms with Gasteiger partial charge in [0.2, 0.25) is 10.0 Å². The summed E-state index contributed by atoms with van der Waals surface area (Å²) >= 11 is 0. The molecule has 0 bridgehead atoms. The number of nitrogens with zero attached hydrogens (tertiary/aromatic N) is 4. The number of rotatable bonds is 14. The van der Waals surface area contributed by atoms with Crippen LogP contribution in [0.15, 0.2) is 75.5 Å². The lowest BCUT2D eigenvalue weighted by atomic mass is 9.87. The van der Waals surface area contributed by atoms with Gasteiger partial charge in [0.05, 0.1) is 10.6 Å². The van der Waals surface area contributed by atoms with E-state index in [1.165, 1.54) is 37.7 Å². The van der Waals surface area contributed by atoms with Gasteiger partial charge in [-0.2, -0.15) is 9.29 Å². The first-order chi connectivity index (χ1) is 27.0. The number of nitrogens with two attached hydrogens (primary N) is 2. The smallest absolute Gasteiger partial charge is 0.354 e. The van der Waals surface area contributed by atoms with E-state index < -0.39 is 10.0 Å². The largest absolute Gasteiger partial charge is 0.370 e. The highest BCUT2D eigenvalue weighted by Gasteiger charge is 2.32. The van der Waals surface area contributed by atoms with Gasteiger partial charge >= 0.3 is 5.69 Å². The maximum absolute atomic E-state index is 13.5. The molecule has 1 saturated heterocycles. The van der Waals surface area contributed by atoms with E-state index in [2.05, 4.69) is 73.2 Å². The van der Waals surface area contributed by atoms with Crippen LogP contribution in [0.1, 0.15) is 116 Å². The van der Waals surface area contributed by atoms with Crippen molar-refractivity contribution in [1.29, 1.82) is 0 Å². The fourth-order valence-electron chi connectivity index (χ4n) is 7.69. The molecule has 1 saturated carbocycles. The number of benzene rings is 2. The fourth-order valence-corrected chi connectivity index (χ4v) is 9.42. The van der Waals surface area contributed by atoms with Gasteiger partial charge in [0.1, 0.15) is 5.65 Å². The van der Waals surface area contributed by atoms with Gasteiger partial charge in [-0.1, -0.05) is 91.5 Å². The zero-order chi connectivity index (χ0) is 41.2. The normalized spacial score (nSPS) is 15.8. The fraction of sp³-hybridized carbons (Fsp3) is 0.568. The maximum Gasteiger partial charge on any atom is 0.354 e. The van der Waals surface area contributed by atoms with Gasteiger partial charge in [-0.25, -0.2) is 13.2 Å². The molecule has 1 aliphatic heterocycles. The van der Waals surface area contributed by atoms with Crippen LogP contribution in [0.25, 0.3) is 16.7 Å². The van der Waals surface area contributed by atoms with Crippen LogP contribution in [0.3, 0.4) is 0 Å². The van der Waals surface area contributed by atoms with Crippen molar-refractivity contribution in [2.45, 2.75) is 128 Å². The molecule has 2 fully saturated rings. The first kappa shape index (κ1) is 44.1. The molecule has 1 aliphatic carbocycles. The highest BCUT2D eigenvalue weighted by atomic mass is 32.2. The van der Waals surface area contributed by atoms with E-state index >= 15 is 0 Å². The van der Waals surface area contributed by atoms with E-state index in [4.69, 9.17) is 11.5 Å². The van der Waals surface area contributed by atoms with Crippen LogP contribution < -0.4 is 27.8 Å². The number of hydrogen-bond donors (Lipinski definition) is 5. The predicted octanol–water partition coefficient (Wildman–Crippen LogP) is 6.46. The SMILES string of the molecule is CC(C)(C)c1cc2cn(-c3ccc(CNCCCN=C(N)N)cc3)c(=O)nc2[nH]1.CC(C)(C)c1ccc(S(=O)(=O)N(CCCC2CCCC2)C2CCNCC2)cc1. The maximum atomic E-state index is 13.5. The second kappa shape index (κ2) is 19.6. The third-order valence-electron chi connectivity index (χ3n) is 11.2. The van der Waals surface area contributed by atoms with Crippen molar-refractivity contribution < 1.29 is 8.42 Å². The van der Waals surface area contributed by atoms with Crippen LogP contribution in [0.5, 0.6) is 0 Å².